The van der Waals surface area contributed by atoms with Gasteiger partial charge in [-0.1, -0.05) is 66.3 Å². The van der Waals surface area contributed by atoms with Crippen LogP contribution < -0.4 is 0 Å². The number of aromatic nitrogens is 2. The molecule has 1 aromatic carbocycles. The molecule has 2 aromatic rings. The van der Waals surface area contributed by atoms with Crippen LogP contribution in [0.5, 0.6) is 0 Å². The van der Waals surface area contributed by atoms with Gasteiger partial charge in [0.25, 0.3) is 0 Å². The number of rotatable bonds is 5. The zero-order chi connectivity index (χ0) is 18.0. The summed E-state index contributed by atoms with van der Waals surface area (Å²) in [5, 5.41) is 2.98. The summed E-state index contributed by atoms with van der Waals surface area (Å²) in [6, 6.07) is 7.55. The van der Waals surface area contributed by atoms with Gasteiger partial charge in [0.05, 0.1) is 5.25 Å². The van der Waals surface area contributed by atoms with Crippen molar-refractivity contribution in [3.8, 4) is 11.4 Å². The maximum absolute atomic E-state index is 13.2. The largest absolute Gasteiger partial charge is 0.338 e. The molecule has 1 atom stereocenters. The maximum Gasteiger partial charge on any atom is 0.245 e. The van der Waals surface area contributed by atoms with Crippen molar-refractivity contribution in [1.82, 2.24) is 10.1 Å². The molecule has 1 aliphatic carbocycles. The monoisotopic (exact) mass is 426 g/mol. The van der Waals surface area contributed by atoms with Gasteiger partial charge in [0, 0.05) is 10.0 Å². The predicted molar refractivity (Wildman–Crippen MR) is 101 cm³/mol. The molecule has 1 fully saturated rings. The molecule has 5 nitrogen and oxygen atoms in total. The van der Waals surface area contributed by atoms with Crippen LogP contribution in [0.3, 0.4) is 0 Å². The van der Waals surface area contributed by atoms with Crippen LogP contribution in [0, 0.1) is 5.92 Å². The molecule has 25 heavy (non-hydrogen) atoms. The minimum atomic E-state index is -3.36. The highest BCUT2D eigenvalue weighted by atomic mass is 79.9. The molecule has 0 aliphatic heterocycles. The summed E-state index contributed by atoms with van der Waals surface area (Å²) in [4.78, 5) is 4.43. The highest BCUT2D eigenvalue weighted by molar-refractivity contribution is 9.10. The Hall–Kier alpha value is -1.21. The molecule has 7 heteroatoms. The molecule has 1 unspecified atom stereocenters. The topological polar surface area (TPSA) is 73.1 Å². The van der Waals surface area contributed by atoms with Gasteiger partial charge in [0.2, 0.25) is 11.7 Å². The Morgan fingerprint density at radius 2 is 1.92 bits per heavy atom. The zero-order valence-electron chi connectivity index (χ0n) is 14.5. The molecule has 0 N–H and O–H groups in total. The molecule has 1 saturated carbocycles. The third-order valence-corrected chi connectivity index (χ3v) is 8.09. The Morgan fingerprint density at radius 3 is 2.56 bits per heavy atom. The molecular formula is C18H23BrN2O3S. The molecule has 1 heterocycles. The Kier molecular flexibility index (Phi) is 5.63. The van der Waals surface area contributed by atoms with Gasteiger partial charge < -0.3 is 4.52 Å². The van der Waals surface area contributed by atoms with Crippen molar-refractivity contribution in [2.75, 3.05) is 0 Å². The van der Waals surface area contributed by atoms with Gasteiger partial charge in [-0.05, 0) is 30.9 Å². The second-order valence-corrected chi connectivity index (χ2v) is 10.2. The molecule has 0 radical (unpaired) electrons. The van der Waals surface area contributed by atoms with Gasteiger partial charge in [-0.25, -0.2) is 8.42 Å². The van der Waals surface area contributed by atoms with Gasteiger partial charge in [-0.15, -0.1) is 0 Å². The fourth-order valence-electron chi connectivity index (χ4n) is 3.50. The van der Waals surface area contributed by atoms with E-state index in [0.29, 0.717) is 5.82 Å². The van der Waals surface area contributed by atoms with E-state index in [1.807, 2.05) is 38.1 Å². The van der Waals surface area contributed by atoms with Crippen LogP contribution in [0.15, 0.2) is 33.3 Å². The SMILES string of the molecule is CC(C)C(c1nc(-c2cccc(Br)c2)no1)S(=O)(=O)C1CCCCC1. The summed E-state index contributed by atoms with van der Waals surface area (Å²) in [6.45, 7) is 3.79. The molecule has 1 aliphatic rings. The van der Waals surface area contributed by atoms with E-state index in [2.05, 4.69) is 26.1 Å². The van der Waals surface area contributed by atoms with Gasteiger partial charge in [0.1, 0.15) is 5.25 Å². The average molecular weight is 427 g/mol. The normalized spacial score (nSPS) is 17.8. The van der Waals surface area contributed by atoms with Crippen molar-refractivity contribution in [2.45, 2.75) is 56.5 Å². The first-order chi connectivity index (χ1) is 11.9. The minimum absolute atomic E-state index is 0.122. The fraction of sp³-hybridized carbons (Fsp3) is 0.556. The van der Waals surface area contributed by atoms with Crippen molar-refractivity contribution in [1.29, 1.82) is 0 Å². The molecule has 0 spiro atoms. The van der Waals surface area contributed by atoms with Crippen LogP contribution in [-0.4, -0.2) is 23.8 Å². The second kappa shape index (κ2) is 7.58. The van der Waals surface area contributed by atoms with E-state index in [1.54, 1.807) is 0 Å². The first kappa shape index (κ1) is 18.6. The number of benzene rings is 1. The highest BCUT2D eigenvalue weighted by Gasteiger charge is 2.41. The fourth-order valence-corrected chi connectivity index (χ4v) is 6.44. The second-order valence-electron chi connectivity index (χ2n) is 6.98. The van der Waals surface area contributed by atoms with Crippen molar-refractivity contribution in [3.63, 3.8) is 0 Å². The van der Waals surface area contributed by atoms with Gasteiger partial charge in [-0.3, -0.25) is 0 Å². The van der Waals surface area contributed by atoms with Crippen molar-refractivity contribution >= 4 is 25.8 Å². The van der Waals surface area contributed by atoms with Crippen LogP contribution >= 0.6 is 15.9 Å². The van der Waals surface area contributed by atoms with Crippen LogP contribution in [0.4, 0.5) is 0 Å². The lowest BCUT2D eigenvalue weighted by atomic mass is 10.0. The van der Waals surface area contributed by atoms with Crippen molar-refractivity contribution in [2.24, 2.45) is 5.92 Å². The Balaban J connectivity index is 1.94. The molecule has 3 rings (SSSR count). The summed E-state index contributed by atoms with van der Waals surface area (Å²) in [5.74, 6) is 0.499. The zero-order valence-corrected chi connectivity index (χ0v) is 16.9. The van der Waals surface area contributed by atoms with E-state index >= 15 is 0 Å². The van der Waals surface area contributed by atoms with E-state index < -0.39 is 15.1 Å². The summed E-state index contributed by atoms with van der Waals surface area (Å²) in [7, 11) is -3.36. The van der Waals surface area contributed by atoms with E-state index in [4.69, 9.17) is 4.52 Å². The molecule has 0 saturated heterocycles. The third-order valence-electron chi connectivity index (χ3n) is 4.74. The lowest BCUT2D eigenvalue weighted by molar-refractivity contribution is 0.350. The quantitative estimate of drug-likeness (QED) is 0.676. The number of hydrogen-bond acceptors (Lipinski definition) is 5. The first-order valence-electron chi connectivity index (χ1n) is 8.72. The number of nitrogens with zero attached hydrogens (tertiary/aromatic N) is 2. The van der Waals surface area contributed by atoms with Crippen LogP contribution in [0.25, 0.3) is 11.4 Å². The first-order valence-corrected chi connectivity index (χ1v) is 11.1. The Bertz CT molecular complexity index is 826. The molecule has 136 valence electrons. The smallest absolute Gasteiger partial charge is 0.245 e. The average Bonchev–Trinajstić information content (AvgIpc) is 3.04. The number of hydrogen-bond donors (Lipinski definition) is 0. The van der Waals surface area contributed by atoms with E-state index in [1.165, 1.54) is 0 Å². The van der Waals surface area contributed by atoms with Crippen molar-refractivity contribution in [3.05, 3.63) is 34.6 Å². The Labute approximate surface area is 157 Å². The van der Waals surface area contributed by atoms with Crippen LogP contribution in [0.1, 0.15) is 57.1 Å². The standard InChI is InChI=1S/C18H23BrN2O3S/c1-12(2)16(25(22,23)15-9-4-3-5-10-15)18-20-17(21-24-18)13-7-6-8-14(19)11-13/h6-8,11-12,15-16H,3-5,9-10H2,1-2H3. The summed E-state index contributed by atoms with van der Waals surface area (Å²) < 4.78 is 32.7. The summed E-state index contributed by atoms with van der Waals surface area (Å²) in [5.41, 5.74) is 0.793. The number of sulfone groups is 1. The maximum atomic E-state index is 13.2. The van der Waals surface area contributed by atoms with Gasteiger partial charge >= 0.3 is 0 Å². The lowest BCUT2D eigenvalue weighted by Crippen LogP contribution is -2.31. The molecular weight excluding hydrogens is 404 g/mol. The molecule has 0 amide bonds. The van der Waals surface area contributed by atoms with Crippen molar-refractivity contribution < 1.29 is 12.9 Å². The van der Waals surface area contributed by atoms with E-state index in [-0.39, 0.29) is 17.1 Å². The molecule has 1 aromatic heterocycles. The third kappa shape index (κ3) is 3.97. The lowest BCUT2D eigenvalue weighted by Gasteiger charge is -2.27. The van der Waals surface area contributed by atoms with E-state index in [9.17, 15) is 8.42 Å². The van der Waals surface area contributed by atoms with Crippen LogP contribution in [-0.2, 0) is 9.84 Å². The predicted octanol–water partition coefficient (Wildman–Crippen LogP) is 4.94. The molecule has 0 bridgehead atoms. The van der Waals surface area contributed by atoms with Gasteiger partial charge in [-0.2, -0.15) is 4.98 Å². The summed E-state index contributed by atoms with van der Waals surface area (Å²) >= 11 is 3.42. The highest BCUT2D eigenvalue weighted by Crippen LogP contribution is 2.37. The van der Waals surface area contributed by atoms with E-state index in [0.717, 1.165) is 42.1 Å². The minimum Gasteiger partial charge on any atom is -0.338 e. The van der Waals surface area contributed by atoms with Gasteiger partial charge in [0.15, 0.2) is 9.84 Å². The summed E-state index contributed by atoms with van der Waals surface area (Å²) in [6.07, 6.45) is 4.53. The van der Waals surface area contributed by atoms with Crippen LogP contribution in [0.2, 0.25) is 0 Å². The Morgan fingerprint density at radius 1 is 1.20 bits per heavy atom. The number of halogens is 1.